The van der Waals surface area contributed by atoms with E-state index in [9.17, 15) is 9.59 Å². The van der Waals surface area contributed by atoms with Gasteiger partial charge in [0.25, 0.3) is 0 Å². The summed E-state index contributed by atoms with van der Waals surface area (Å²) in [4.78, 5) is 24.8. The Labute approximate surface area is 145 Å². The highest BCUT2D eigenvalue weighted by molar-refractivity contribution is 8.01. The molecule has 0 aliphatic carbocycles. The Morgan fingerprint density at radius 2 is 2.27 bits per heavy atom. The third kappa shape index (κ3) is 5.05. The molecule has 1 heterocycles. The van der Waals surface area contributed by atoms with Crippen LogP contribution in [0, 0.1) is 5.92 Å². The van der Waals surface area contributed by atoms with Crippen LogP contribution in [0.25, 0.3) is 0 Å². The molecule has 8 heteroatoms. The van der Waals surface area contributed by atoms with E-state index in [-0.39, 0.29) is 36.6 Å². The maximum atomic E-state index is 12.0. The molecule has 0 saturated carbocycles. The van der Waals surface area contributed by atoms with Crippen LogP contribution >= 0.6 is 35.8 Å². The van der Waals surface area contributed by atoms with Gasteiger partial charge in [0.15, 0.2) is 0 Å². The SMILES string of the molecule is CC(CN)CNC(=O)CC1Sc2ccc(Cl)cc2NC1=O.Cl. The van der Waals surface area contributed by atoms with Gasteiger partial charge in [-0.2, -0.15) is 0 Å². The summed E-state index contributed by atoms with van der Waals surface area (Å²) in [6.07, 6.45) is 0.149. The number of anilines is 1. The minimum atomic E-state index is -0.424. The zero-order valence-electron chi connectivity index (χ0n) is 12.1. The van der Waals surface area contributed by atoms with E-state index < -0.39 is 5.25 Å². The monoisotopic (exact) mass is 363 g/mol. The van der Waals surface area contributed by atoms with Crippen molar-refractivity contribution in [1.82, 2.24) is 5.32 Å². The Bertz CT molecular complexity index is 557. The molecule has 4 N–H and O–H groups in total. The molecule has 2 unspecified atom stereocenters. The van der Waals surface area contributed by atoms with Gasteiger partial charge in [-0.25, -0.2) is 0 Å². The lowest BCUT2D eigenvalue weighted by molar-refractivity contribution is -0.124. The van der Waals surface area contributed by atoms with Crippen molar-refractivity contribution in [2.45, 2.75) is 23.5 Å². The minimum Gasteiger partial charge on any atom is -0.356 e. The number of hydrogen-bond acceptors (Lipinski definition) is 4. The fourth-order valence-electron chi connectivity index (χ4n) is 1.87. The summed E-state index contributed by atoms with van der Waals surface area (Å²) in [5, 5.41) is 5.74. The van der Waals surface area contributed by atoms with Gasteiger partial charge in [-0.1, -0.05) is 18.5 Å². The number of nitrogens with one attached hydrogen (secondary N) is 2. The lowest BCUT2D eigenvalue weighted by Crippen LogP contribution is -2.37. The van der Waals surface area contributed by atoms with E-state index in [0.717, 1.165) is 4.90 Å². The maximum Gasteiger partial charge on any atom is 0.238 e. The van der Waals surface area contributed by atoms with Gasteiger partial charge in [0.1, 0.15) is 0 Å². The fourth-order valence-corrected chi connectivity index (χ4v) is 3.13. The maximum absolute atomic E-state index is 12.0. The quantitative estimate of drug-likeness (QED) is 0.749. The molecule has 1 aromatic rings. The van der Waals surface area contributed by atoms with Crippen LogP contribution in [0.2, 0.25) is 5.02 Å². The van der Waals surface area contributed by atoms with E-state index in [2.05, 4.69) is 10.6 Å². The van der Waals surface area contributed by atoms with Crippen molar-refractivity contribution in [1.29, 1.82) is 0 Å². The Morgan fingerprint density at radius 3 is 2.95 bits per heavy atom. The molecule has 2 atom stereocenters. The van der Waals surface area contributed by atoms with Crippen molar-refractivity contribution in [2.24, 2.45) is 11.7 Å². The molecular weight excluding hydrogens is 345 g/mol. The Balaban J connectivity index is 0.00000242. The molecule has 0 aromatic heterocycles. The van der Waals surface area contributed by atoms with Crippen LogP contribution in [0.1, 0.15) is 13.3 Å². The van der Waals surface area contributed by atoms with Crippen LogP contribution in [0.15, 0.2) is 23.1 Å². The summed E-state index contributed by atoms with van der Waals surface area (Å²) in [6, 6.07) is 5.33. The van der Waals surface area contributed by atoms with Crippen molar-refractivity contribution < 1.29 is 9.59 Å². The minimum absolute atomic E-state index is 0. The number of carbonyl (C=O) groups is 2. The average molecular weight is 364 g/mol. The first-order valence-corrected chi connectivity index (χ1v) is 7.99. The van der Waals surface area contributed by atoms with Gasteiger partial charge < -0.3 is 16.4 Å². The van der Waals surface area contributed by atoms with Crippen LogP contribution in [0.3, 0.4) is 0 Å². The number of carbonyl (C=O) groups excluding carboxylic acids is 2. The molecule has 5 nitrogen and oxygen atoms in total. The third-order valence-corrected chi connectivity index (χ3v) is 4.69. The lowest BCUT2D eigenvalue weighted by atomic mass is 10.2. The summed E-state index contributed by atoms with van der Waals surface area (Å²) in [6.45, 7) is 3.01. The predicted molar refractivity (Wildman–Crippen MR) is 92.8 cm³/mol. The molecule has 0 saturated heterocycles. The van der Waals surface area contributed by atoms with Crippen molar-refractivity contribution in [2.75, 3.05) is 18.4 Å². The summed E-state index contributed by atoms with van der Waals surface area (Å²) in [7, 11) is 0. The molecule has 122 valence electrons. The molecular formula is C14H19Cl2N3O2S. The van der Waals surface area contributed by atoms with Crippen LogP contribution < -0.4 is 16.4 Å². The van der Waals surface area contributed by atoms with Crippen molar-refractivity contribution in [3.05, 3.63) is 23.2 Å². The Hall–Kier alpha value is -0.950. The number of rotatable bonds is 5. The molecule has 0 radical (unpaired) electrons. The number of fused-ring (bicyclic) bond motifs is 1. The highest BCUT2D eigenvalue weighted by atomic mass is 35.5. The largest absolute Gasteiger partial charge is 0.356 e. The number of halogens is 2. The van der Waals surface area contributed by atoms with Crippen molar-refractivity contribution in [3.8, 4) is 0 Å². The van der Waals surface area contributed by atoms with E-state index in [1.807, 2.05) is 13.0 Å². The molecule has 0 bridgehead atoms. The second-order valence-electron chi connectivity index (χ2n) is 5.09. The van der Waals surface area contributed by atoms with Crippen LogP contribution in [-0.2, 0) is 9.59 Å². The summed E-state index contributed by atoms with van der Waals surface area (Å²) in [5.41, 5.74) is 6.20. The summed E-state index contributed by atoms with van der Waals surface area (Å²) in [5.74, 6) is -0.0817. The van der Waals surface area contributed by atoms with Gasteiger partial charge in [-0.05, 0) is 30.7 Å². The number of amides is 2. The van der Waals surface area contributed by atoms with Gasteiger partial charge >= 0.3 is 0 Å². The van der Waals surface area contributed by atoms with Crippen LogP contribution in [-0.4, -0.2) is 30.2 Å². The molecule has 0 fully saturated rings. The molecule has 1 aromatic carbocycles. The Morgan fingerprint density at radius 1 is 1.55 bits per heavy atom. The highest BCUT2D eigenvalue weighted by Gasteiger charge is 2.29. The molecule has 0 spiro atoms. The van der Waals surface area contributed by atoms with E-state index in [4.69, 9.17) is 17.3 Å². The van der Waals surface area contributed by atoms with Gasteiger partial charge in [0.2, 0.25) is 11.8 Å². The van der Waals surface area contributed by atoms with Gasteiger partial charge in [-0.15, -0.1) is 24.2 Å². The van der Waals surface area contributed by atoms with Crippen molar-refractivity contribution in [3.63, 3.8) is 0 Å². The first-order valence-electron chi connectivity index (χ1n) is 6.73. The van der Waals surface area contributed by atoms with Gasteiger partial charge in [-0.3, -0.25) is 9.59 Å². The van der Waals surface area contributed by atoms with Gasteiger partial charge in [0.05, 0.1) is 10.9 Å². The van der Waals surface area contributed by atoms with Crippen molar-refractivity contribution >= 4 is 53.3 Å². The first kappa shape index (κ1) is 19.1. The molecule has 22 heavy (non-hydrogen) atoms. The zero-order valence-corrected chi connectivity index (χ0v) is 14.5. The molecule has 2 rings (SSSR count). The normalized spacial score (nSPS) is 17.8. The van der Waals surface area contributed by atoms with E-state index in [0.29, 0.717) is 23.8 Å². The van der Waals surface area contributed by atoms with E-state index in [1.54, 1.807) is 12.1 Å². The van der Waals surface area contributed by atoms with Crippen LogP contribution in [0.4, 0.5) is 5.69 Å². The zero-order chi connectivity index (χ0) is 15.4. The highest BCUT2D eigenvalue weighted by Crippen LogP contribution is 2.38. The van der Waals surface area contributed by atoms with E-state index in [1.165, 1.54) is 11.8 Å². The summed E-state index contributed by atoms with van der Waals surface area (Å²) < 4.78 is 0. The standard InChI is InChI=1S/C14H18ClN3O2S.ClH/c1-8(6-16)7-17-13(19)5-12-14(20)18-10-4-9(15)2-3-11(10)21-12;/h2-4,8,12H,5-7,16H2,1H3,(H,17,19)(H,18,20);1H. The van der Waals surface area contributed by atoms with Gasteiger partial charge in [0, 0.05) is 22.9 Å². The number of hydrogen-bond donors (Lipinski definition) is 3. The van der Waals surface area contributed by atoms with E-state index >= 15 is 0 Å². The number of thioether (sulfide) groups is 1. The molecule has 1 aliphatic rings. The lowest BCUT2D eigenvalue weighted by Gasteiger charge is -2.24. The second-order valence-corrected chi connectivity index (χ2v) is 6.77. The number of nitrogens with two attached hydrogens (primary N) is 1. The third-order valence-electron chi connectivity index (χ3n) is 3.18. The molecule has 1 aliphatic heterocycles. The second kappa shape index (κ2) is 8.62. The van der Waals surface area contributed by atoms with Crippen LogP contribution in [0.5, 0.6) is 0 Å². The smallest absolute Gasteiger partial charge is 0.238 e. The predicted octanol–water partition coefficient (Wildman–Crippen LogP) is 2.28. The fraction of sp³-hybridized carbons (Fsp3) is 0.429. The topological polar surface area (TPSA) is 84.2 Å². The summed E-state index contributed by atoms with van der Waals surface area (Å²) >= 11 is 7.28. The average Bonchev–Trinajstić information content (AvgIpc) is 2.45. The Kier molecular flexibility index (Phi) is 7.48. The number of benzene rings is 1. The first-order chi connectivity index (χ1) is 9.99. The molecule has 2 amide bonds.